The molecule has 1 N–H and O–H groups in total. The number of rotatable bonds is 6. The Morgan fingerprint density at radius 1 is 1.45 bits per heavy atom. The molecule has 6 heteroatoms. The molecule has 1 heterocycles. The highest BCUT2D eigenvalue weighted by Gasteiger charge is 2.29. The number of halogens is 1. The van der Waals surface area contributed by atoms with E-state index in [4.69, 9.17) is 4.74 Å². The second-order valence-electron chi connectivity index (χ2n) is 5.07. The van der Waals surface area contributed by atoms with E-state index >= 15 is 0 Å². The molecule has 1 aliphatic rings. The van der Waals surface area contributed by atoms with Crippen LogP contribution in [-0.2, 0) is 16.4 Å². The summed E-state index contributed by atoms with van der Waals surface area (Å²) in [5.74, 6) is 1.14. The van der Waals surface area contributed by atoms with Gasteiger partial charge in [0.25, 0.3) is 0 Å². The topological polar surface area (TPSA) is 55.4 Å². The highest BCUT2D eigenvalue weighted by atomic mass is 79.9. The van der Waals surface area contributed by atoms with Crippen molar-refractivity contribution in [2.75, 3.05) is 18.1 Å². The SMILES string of the molecule is CCCNCc1cc(Br)ccc1OC1CCS(=O)(=O)C1. The van der Waals surface area contributed by atoms with Gasteiger partial charge in [-0.2, -0.15) is 0 Å². The van der Waals surface area contributed by atoms with Gasteiger partial charge in [-0.05, 0) is 37.6 Å². The molecule has 0 amide bonds. The monoisotopic (exact) mass is 361 g/mol. The molecule has 1 aromatic carbocycles. The summed E-state index contributed by atoms with van der Waals surface area (Å²) in [4.78, 5) is 0. The van der Waals surface area contributed by atoms with Crippen molar-refractivity contribution in [3.8, 4) is 5.75 Å². The molecule has 0 spiro atoms. The first kappa shape index (κ1) is 15.8. The van der Waals surface area contributed by atoms with Crippen LogP contribution in [0.15, 0.2) is 22.7 Å². The quantitative estimate of drug-likeness (QED) is 0.791. The summed E-state index contributed by atoms with van der Waals surface area (Å²) in [7, 11) is -2.91. The minimum absolute atomic E-state index is 0.130. The molecule has 0 aliphatic carbocycles. The first-order chi connectivity index (χ1) is 9.50. The first-order valence-corrected chi connectivity index (χ1v) is 9.48. The van der Waals surface area contributed by atoms with Crippen LogP contribution in [-0.4, -0.2) is 32.6 Å². The van der Waals surface area contributed by atoms with Crippen LogP contribution in [0.3, 0.4) is 0 Å². The molecule has 1 aromatic rings. The molecule has 0 bridgehead atoms. The summed E-state index contributed by atoms with van der Waals surface area (Å²) in [6, 6.07) is 5.83. The van der Waals surface area contributed by atoms with Crippen molar-refractivity contribution in [3.05, 3.63) is 28.2 Å². The zero-order chi connectivity index (χ0) is 14.6. The maximum absolute atomic E-state index is 11.5. The fourth-order valence-corrected chi connectivity index (χ4v) is 4.23. The van der Waals surface area contributed by atoms with E-state index in [2.05, 4.69) is 28.2 Å². The molecular formula is C14H20BrNO3S. The predicted molar refractivity (Wildman–Crippen MR) is 83.8 cm³/mol. The van der Waals surface area contributed by atoms with E-state index in [-0.39, 0.29) is 17.6 Å². The molecule has 0 aromatic heterocycles. The third kappa shape index (κ3) is 4.46. The van der Waals surface area contributed by atoms with Crippen LogP contribution in [0, 0.1) is 0 Å². The van der Waals surface area contributed by atoms with Crippen LogP contribution < -0.4 is 10.1 Å². The van der Waals surface area contributed by atoms with Gasteiger partial charge in [0.15, 0.2) is 9.84 Å². The van der Waals surface area contributed by atoms with Gasteiger partial charge < -0.3 is 10.1 Å². The molecule has 1 aliphatic heterocycles. The number of hydrogen-bond donors (Lipinski definition) is 1. The summed E-state index contributed by atoms with van der Waals surface area (Å²) in [6.07, 6.45) is 1.44. The van der Waals surface area contributed by atoms with E-state index < -0.39 is 9.84 Å². The van der Waals surface area contributed by atoms with E-state index in [1.54, 1.807) is 0 Å². The van der Waals surface area contributed by atoms with Gasteiger partial charge in [-0.3, -0.25) is 0 Å². The van der Waals surface area contributed by atoms with Crippen molar-refractivity contribution in [3.63, 3.8) is 0 Å². The van der Waals surface area contributed by atoms with Gasteiger partial charge in [0.05, 0.1) is 11.5 Å². The zero-order valence-corrected chi connectivity index (χ0v) is 14.0. The van der Waals surface area contributed by atoms with Crippen molar-refractivity contribution >= 4 is 25.8 Å². The minimum atomic E-state index is -2.91. The predicted octanol–water partition coefficient (Wildman–Crippen LogP) is 2.51. The highest BCUT2D eigenvalue weighted by Crippen LogP contribution is 2.26. The van der Waals surface area contributed by atoms with Crippen LogP contribution >= 0.6 is 15.9 Å². The van der Waals surface area contributed by atoms with Crippen LogP contribution in [0.2, 0.25) is 0 Å². The largest absolute Gasteiger partial charge is 0.489 e. The Morgan fingerprint density at radius 3 is 2.90 bits per heavy atom. The van der Waals surface area contributed by atoms with E-state index in [9.17, 15) is 8.42 Å². The van der Waals surface area contributed by atoms with E-state index in [1.165, 1.54) is 0 Å². The highest BCUT2D eigenvalue weighted by molar-refractivity contribution is 9.10. The van der Waals surface area contributed by atoms with Crippen LogP contribution in [0.1, 0.15) is 25.3 Å². The molecule has 1 atom stereocenters. The van der Waals surface area contributed by atoms with E-state index in [0.29, 0.717) is 6.42 Å². The normalized spacial score (nSPS) is 21.0. The summed E-state index contributed by atoms with van der Waals surface area (Å²) in [5.41, 5.74) is 1.05. The Morgan fingerprint density at radius 2 is 2.25 bits per heavy atom. The molecule has 4 nitrogen and oxygen atoms in total. The summed E-state index contributed by atoms with van der Waals surface area (Å²) in [6.45, 7) is 3.79. The lowest BCUT2D eigenvalue weighted by Crippen LogP contribution is -2.20. The third-order valence-electron chi connectivity index (χ3n) is 3.25. The summed E-state index contributed by atoms with van der Waals surface area (Å²) < 4.78 is 29.8. The summed E-state index contributed by atoms with van der Waals surface area (Å²) in [5, 5.41) is 3.34. The number of sulfone groups is 1. The Hall–Kier alpha value is -0.590. The van der Waals surface area contributed by atoms with Crippen LogP contribution in [0.25, 0.3) is 0 Å². The Labute approximate surface area is 129 Å². The Balaban J connectivity index is 2.06. The maximum atomic E-state index is 11.5. The Kier molecular flexibility index (Phi) is 5.46. The Bertz CT molecular complexity index is 560. The molecule has 2 rings (SSSR count). The minimum Gasteiger partial charge on any atom is -0.489 e. The lowest BCUT2D eigenvalue weighted by molar-refractivity contribution is 0.226. The van der Waals surface area contributed by atoms with Crippen LogP contribution in [0.4, 0.5) is 0 Å². The second-order valence-corrected chi connectivity index (χ2v) is 8.22. The molecule has 0 radical (unpaired) electrons. The number of ether oxygens (including phenoxy) is 1. The average Bonchev–Trinajstić information content (AvgIpc) is 2.72. The molecule has 0 saturated carbocycles. The van der Waals surface area contributed by atoms with Crippen molar-refractivity contribution in [2.24, 2.45) is 0 Å². The zero-order valence-electron chi connectivity index (χ0n) is 11.6. The fourth-order valence-electron chi connectivity index (χ4n) is 2.23. The number of hydrogen-bond acceptors (Lipinski definition) is 4. The van der Waals surface area contributed by atoms with Gasteiger partial charge in [-0.1, -0.05) is 22.9 Å². The van der Waals surface area contributed by atoms with Crippen molar-refractivity contribution in [2.45, 2.75) is 32.4 Å². The van der Waals surface area contributed by atoms with Crippen molar-refractivity contribution < 1.29 is 13.2 Å². The van der Waals surface area contributed by atoms with E-state index in [1.807, 2.05) is 18.2 Å². The van der Waals surface area contributed by atoms with Gasteiger partial charge in [0, 0.05) is 16.6 Å². The van der Waals surface area contributed by atoms with E-state index in [0.717, 1.165) is 35.3 Å². The molecule has 20 heavy (non-hydrogen) atoms. The van der Waals surface area contributed by atoms with Gasteiger partial charge in [0.1, 0.15) is 11.9 Å². The van der Waals surface area contributed by atoms with Crippen molar-refractivity contribution in [1.82, 2.24) is 5.32 Å². The summed E-state index contributed by atoms with van der Waals surface area (Å²) >= 11 is 3.46. The van der Waals surface area contributed by atoms with Gasteiger partial charge in [-0.25, -0.2) is 8.42 Å². The van der Waals surface area contributed by atoms with Crippen molar-refractivity contribution in [1.29, 1.82) is 0 Å². The van der Waals surface area contributed by atoms with Gasteiger partial charge in [-0.15, -0.1) is 0 Å². The third-order valence-corrected chi connectivity index (χ3v) is 5.48. The second kappa shape index (κ2) is 6.91. The molecular weight excluding hydrogens is 342 g/mol. The maximum Gasteiger partial charge on any atom is 0.154 e. The fraction of sp³-hybridized carbons (Fsp3) is 0.571. The number of benzene rings is 1. The standard InChI is InChI=1S/C14H20BrNO3S/c1-2-6-16-9-11-8-12(15)3-4-14(11)19-13-5-7-20(17,18)10-13/h3-4,8,13,16H,2,5-7,9-10H2,1H3. The lowest BCUT2D eigenvalue weighted by atomic mass is 10.2. The lowest BCUT2D eigenvalue weighted by Gasteiger charge is -2.16. The average molecular weight is 362 g/mol. The molecule has 112 valence electrons. The molecule has 1 fully saturated rings. The smallest absolute Gasteiger partial charge is 0.154 e. The van der Waals surface area contributed by atoms with Crippen LogP contribution in [0.5, 0.6) is 5.75 Å². The first-order valence-electron chi connectivity index (χ1n) is 6.86. The molecule has 1 saturated heterocycles. The van der Waals surface area contributed by atoms with Gasteiger partial charge >= 0.3 is 0 Å². The molecule has 1 unspecified atom stereocenters. The van der Waals surface area contributed by atoms with Gasteiger partial charge in [0.2, 0.25) is 0 Å². The number of nitrogens with one attached hydrogen (secondary N) is 1.